The number of benzene rings is 1. The summed E-state index contributed by atoms with van der Waals surface area (Å²) in [6, 6.07) is 5.48. The van der Waals surface area contributed by atoms with Crippen LogP contribution in [0.2, 0.25) is 0 Å². The van der Waals surface area contributed by atoms with Crippen LogP contribution in [-0.2, 0) is 6.54 Å². The number of rotatable bonds is 3. The molecule has 1 fully saturated rings. The molecule has 0 saturated carbocycles. The van der Waals surface area contributed by atoms with Crippen molar-refractivity contribution in [3.63, 3.8) is 0 Å². The summed E-state index contributed by atoms with van der Waals surface area (Å²) in [7, 11) is 0. The number of hydrogen-bond donors (Lipinski definition) is 1. The van der Waals surface area contributed by atoms with E-state index in [2.05, 4.69) is 11.8 Å². The Balaban J connectivity index is 2.11. The number of nitrogens with zero attached hydrogens (tertiary/aromatic N) is 2. The molecule has 0 aromatic heterocycles. The van der Waals surface area contributed by atoms with Crippen LogP contribution in [0.25, 0.3) is 0 Å². The first-order valence-corrected chi connectivity index (χ1v) is 6.70. The Morgan fingerprint density at radius 1 is 1.53 bits per heavy atom. The highest BCUT2D eigenvalue weighted by molar-refractivity contribution is 5.44. The predicted octanol–water partition coefficient (Wildman–Crippen LogP) is 2.07. The monoisotopic (exact) mass is 263 g/mol. The molecule has 104 valence electrons. The zero-order valence-electron chi connectivity index (χ0n) is 11.5. The second-order valence-electron chi connectivity index (χ2n) is 5.48. The fourth-order valence-corrected chi connectivity index (χ4v) is 2.59. The molecule has 1 aromatic rings. The van der Waals surface area contributed by atoms with E-state index in [0.717, 1.165) is 37.2 Å². The van der Waals surface area contributed by atoms with E-state index in [1.807, 2.05) is 13.0 Å². The van der Waals surface area contributed by atoms with Gasteiger partial charge >= 0.3 is 0 Å². The molecule has 1 heterocycles. The molecular weight excluding hydrogens is 242 g/mol. The van der Waals surface area contributed by atoms with Gasteiger partial charge in [0.05, 0.1) is 4.92 Å². The second kappa shape index (κ2) is 5.67. The summed E-state index contributed by atoms with van der Waals surface area (Å²) in [6.45, 7) is 6.62. The van der Waals surface area contributed by atoms with Crippen LogP contribution in [0.3, 0.4) is 0 Å². The molecule has 2 unspecified atom stereocenters. The van der Waals surface area contributed by atoms with E-state index >= 15 is 0 Å². The molecule has 19 heavy (non-hydrogen) atoms. The van der Waals surface area contributed by atoms with Crippen molar-refractivity contribution in [2.45, 2.75) is 32.9 Å². The summed E-state index contributed by atoms with van der Waals surface area (Å²) in [5, 5.41) is 10.9. The molecule has 0 bridgehead atoms. The Hall–Kier alpha value is -1.46. The van der Waals surface area contributed by atoms with Crippen LogP contribution in [0.15, 0.2) is 18.2 Å². The van der Waals surface area contributed by atoms with E-state index in [0.29, 0.717) is 5.92 Å². The van der Waals surface area contributed by atoms with Crippen LogP contribution in [-0.4, -0.2) is 29.0 Å². The van der Waals surface area contributed by atoms with Crippen LogP contribution in [0.4, 0.5) is 5.69 Å². The van der Waals surface area contributed by atoms with Crippen LogP contribution in [0.5, 0.6) is 0 Å². The van der Waals surface area contributed by atoms with Crippen molar-refractivity contribution in [1.29, 1.82) is 0 Å². The molecule has 0 aliphatic carbocycles. The predicted molar refractivity (Wildman–Crippen MR) is 74.9 cm³/mol. The number of nitro groups is 1. The van der Waals surface area contributed by atoms with Crippen molar-refractivity contribution in [3.05, 3.63) is 39.4 Å². The summed E-state index contributed by atoms with van der Waals surface area (Å²) in [5.74, 6) is 0.558. The van der Waals surface area contributed by atoms with Crippen LogP contribution >= 0.6 is 0 Å². The Labute approximate surface area is 113 Å². The number of likely N-dealkylation sites (tertiary alicyclic amines) is 1. The van der Waals surface area contributed by atoms with Crippen molar-refractivity contribution >= 4 is 5.69 Å². The molecule has 5 nitrogen and oxygen atoms in total. The van der Waals surface area contributed by atoms with E-state index in [9.17, 15) is 10.1 Å². The van der Waals surface area contributed by atoms with Gasteiger partial charge in [0, 0.05) is 30.8 Å². The molecule has 1 saturated heterocycles. The highest BCUT2D eigenvalue weighted by atomic mass is 16.6. The first-order chi connectivity index (χ1) is 8.99. The lowest BCUT2D eigenvalue weighted by Crippen LogP contribution is -2.47. The standard InChI is InChI=1S/C14H21N3O2/c1-10-6-7-16(9-13(10)15)8-12-4-3-5-14(11(12)2)17(18)19/h3-5,10,13H,6-9,15H2,1-2H3. The molecule has 0 spiro atoms. The van der Waals surface area contributed by atoms with E-state index < -0.39 is 0 Å². The topological polar surface area (TPSA) is 72.4 Å². The highest BCUT2D eigenvalue weighted by Crippen LogP contribution is 2.24. The molecule has 1 aliphatic heterocycles. The largest absolute Gasteiger partial charge is 0.326 e. The third-order valence-corrected chi connectivity index (χ3v) is 4.11. The maximum atomic E-state index is 10.9. The van der Waals surface area contributed by atoms with E-state index in [1.54, 1.807) is 12.1 Å². The summed E-state index contributed by atoms with van der Waals surface area (Å²) in [5.41, 5.74) is 8.08. The quantitative estimate of drug-likeness (QED) is 0.669. The zero-order chi connectivity index (χ0) is 14.0. The average molecular weight is 263 g/mol. The Kier molecular flexibility index (Phi) is 4.17. The molecule has 2 N–H and O–H groups in total. The molecule has 0 amide bonds. The van der Waals surface area contributed by atoms with Gasteiger partial charge < -0.3 is 5.73 Å². The van der Waals surface area contributed by atoms with Gasteiger partial charge in [0.1, 0.15) is 0 Å². The second-order valence-corrected chi connectivity index (χ2v) is 5.48. The smallest absolute Gasteiger partial charge is 0.272 e. The summed E-state index contributed by atoms with van der Waals surface area (Å²) < 4.78 is 0. The third kappa shape index (κ3) is 3.11. The number of nitrogens with two attached hydrogens (primary N) is 1. The van der Waals surface area contributed by atoms with Gasteiger partial charge in [-0.15, -0.1) is 0 Å². The normalized spacial score (nSPS) is 24.4. The SMILES string of the molecule is Cc1c(CN2CCC(C)C(N)C2)cccc1[N+](=O)[O-]. The fraction of sp³-hybridized carbons (Fsp3) is 0.571. The minimum absolute atomic E-state index is 0.201. The van der Waals surface area contributed by atoms with Gasteiger partial charge in [-0.05, 0) is 31.4 Å². The van der Waals surface area contributed by atoms with Gasteiger partial charge in [-0.2, -0.15) is 0 Å². The van der Waals surface area contributed by atoms with Gasteiger partial charge in [0.15, 0.2) is 0 Å². The first-order valence-electron chi connectivity index (χ1n) is 6.70. The lowest BCUT2D eigenvalue weighted by molar-refractivity contribution is -0.385. The summed E-state index contributed by atoms with van der Waals surface area (Å²) >= 11 is 0. The Bertz CT molecular complexity index is 476. The first kappa shape index (κ1) is 14.0. The van der Waals surface area contributed by atoms with Gasteiger partial charge in [-0.1, -0.05) is 19.1 Å². The summed E-state index contributed by atoms with van der Waals surface area (Å²) in [4.78, 5) is 12.9. The van der Waals surface area contributed by atoms with Crippen molar-refractivity contribution in [2.24, 2.45) is 11.7 Å². The van der Waals surface area contributed by atoms with Gasteiger partial charge in [-0.3, -0.25) is 15.0 Å². The van der Waals surface area contributed by atoms with Crippen LogP contribution in [0, 0.1) is 23.0 Å². The maximum Gasteiger partial charge on any atom is 0.272 e. The minimum Gasteiger partial charge on any atom is -0.326 e. The van der Waals surface area contributed by atoms with E-state index in [4.69, 9.17) is 5.73 Å². The van der Waals surface area contributed by atoms with E-state index in [-0.39, 0.29) is 16.7 Å². The van der Waals surface area contributed by atoms with Gasteiger partial charge in [-0.25, -0.2) is 0 Å². The zero-order valence-corrected chi connectivity index (χ0v) is 11.5. The minimum atomic E-state index is -0.317. The molecule has 2 atom stereocenters. The Morgan fingerprint density at radius 3 is 2.89 bits per heavy atom. The van der Waals surface area contributed by atoms with Crippen molar-refractivity contribution in [2.75, 3.05) is 13.1 Å². The molecular formula is C14H21N3O2. The van der Waals surface area contributed by atoms with Crippen LogP contribution in [0.1, 0.15) is 24.5 Å². The van der Waals surface area contributed by atoms with Crippen molar-refractivity contribution in [1.82, 2.24) is 4.90 Å². The summed E-state index contributed by atoms with van der Waals surface area (Å²) in [6.07, 6.45) is 1.09. The number of nitro benzene ring substituents is 1. The van der Waals surface area contributed by atoms with Gasteiger partial charge in [0.2, 0.25) is 0 Å². The number of piperidine rings is 1. The lowest BCUT2D eigenvalue weighted by Gasteiger charge is -2.35. The van der Waals surface area contributed by atoms with Crippen molar-refractivity contribution < 1.29 is 4.92 Å². The van der Waals surface area contributed by atoms with Gasteiger partial charge in [0.25, 0.3) is 5.69 Å². The molecule has 2 rings (SSSR count). The number of hydrogen-bond acceptors (Lipinski definition) is 4. The van der Waals surface area contributed by atoms with Crippen LogP contribution < -0.4 is 5.73 Å². The third-order valence-electron chi connectivity index (χ3n) is 4.11. The lowest BCUT2D eigenvalue weighted by atomic mass is 9.93. The molecule has 1 aromatic carbocycles. The fourth-order valence-electron chi connectivity index (χ4n) is 2.59. The van der Waals surface area contributed by atoms with Crippen molar-refractivity contribution in [3.8, 4) is 0 Å². The Morgan fingerprint density at radius 2 is 2.26 bits per heavy atom. The highest BCUT2D eigenvalue weighted by Gasteiger charge is 2.24. The average Bonchev–Trinajstić information content (AvgIpc) is 2.36. The molecule has 0 radical (unpaired) electrons. The van der Waals surface area contributed by atoms with E-state index in [1.165, 1.54) is 0 Å². The molecule has 5 heteroatoms. The maximum absolute atomic E-state index is 10.9. The molecule has 1 aliphatic rings.